The maximum absolute atomic E-state index is 6.09. The smallest absolute Gasteiger partial charge is 0.169 e. The summed E-state index contributed by atoms with van der Waals surface area (Å²) in [6, 6.07) is 26.5. The lowest BCUT2D eigenvalue weighted by Crippen LogP contribution is -2.22. The Morgan fingerprint density at radius 2 is 1.48 bits per heavy atom. The van der Waals surface area contributed by atoms with Crippen LogP contribution in [-0.4, -0.2) is 37.5 Å². The Hall–Kier alpha value is -3.27. The molecule has 0 amide bonds. The molecule has 148 valence electrons. The maximum Gasteiger partial charge on any atom is 0.169 e. The lowest BCUT2D eigenvalue weighted by Gasteiger charge is -2.14. The normalized spacial score (nSPS) is 12.9. The molecule has 3 aromatic rings. The van der Waals surface area contributed by atoms with E-state index in [-0.39, 0.29) is 0 Å². The zero-order chi connectivity index (χ0) is 19.7. The molecule has 0 radical (unpaired) electrons. The second-order valence-corrected chi connectivity index (χ2v) is 7.08. The molecule has 4 rings (SSSR count). The van der Waals surface area contributed by atoms with Crippen LogP contribution >= 0.6 is 0 Å². The average molecular weight is 386 g/mol. The zero-order valence-electron chi connectivity index (χ0n) is 16.5. The van der Waals surface area contributed by atoms with Gasteiger partial charge in [-0.25, -0.2) is 0 Å². The van der Waals surface area contributed by atoms with Gasteiger partial charge in [-0.15, -0.1) is 0 Å². The molecule has 4 heteroatoms. The van der Waals surface area contributed by atoms with Crippen LogP contribution in [0.2, 0.25) is 0 Å². The van der Waals surface area contributed by atoms with Crippen LogP contribution in [-0.2, 0) is 12.8 Å². The van der Waals surface area contributed by atoms with Gasteiger partial charge in [0.2, 0.25) is 0 Å². The quantitative estimate of drug-likeness (QED) is 0.520. The predicted molar refractivity (Wildman–Crippen MR) is 117 cm³/mol. The highest BCUT2D eigenvalue weighted by Crippen LogP contribution is 2.31. The van der Waals surface area contributed by atoms with E-state index in [0.717, 1.165) is 49.7 Å². The standard InChI is InChI=1S/C25H26N2O2/c1-2-6-21(7-3-1)15-19-28-24-8-4-5-9-25(24)29-23-12-10-22(11-13-23)14-17-27-18-16-26-20-27/h1-13,20H,14-19H2. The molecule has 4 nitrogen and oxygen atoms in total. The van der Waals surface area contributed by atoms with Gasteiger partial charge in [0, 0.05) is 19.5 Å². The van der Waals surface area contributed by atoms with Crippen LogP contribution in [0.25, 0.3) is 0 Å². The minimum atomic E-state index is 0.614. The van der Waals surface area contributed by atoms with Crippen LogP contribution in [0.15, 0.2) is 83.9 Å². The molecule has 0 saturated heterocycles. The van der Waals surface area contributed by atoms with Crippen LogP contribution in [0, 0.1) is 0 Å². The van der Waals surface area contributed by atoms with E-state index in [4.69, 9.17) is 9.47 Å². The van der Waals surface area contributed by atoms with Gasteiger partial charge in [0.05, 0.1) is 19.5 Å². The number of hydrogen-bond donors (Lipinski definition) is 0. The molecule has 0 aromatic heterocycles. The van der Waals surface area contributed by atoms with Crippen molar-refractivity contribution in [3.63, 3.8) is 0 Å². The van der Waals surface area contributed by atoms with Gasteiger partial charge in [0.15, 0.2) is 11.5 Å². The molecule has 0 spiro atoms. The summed E-state index contributed by atoms with van der Waals surface area (Å²) in [5.41, 5.74) is 2.56. The van der Waals surface area contributed by atoms with E-state index in [0.29, 0.717) is 6.61 Å². The SMILES string of the molecule is C1=NCCN1CCc1ccc(Oc2ccccc2OCCc2ccccc2)cc1. The summed E-state index contributed by atoms with van der Waals surface area (Å²) in [6.07, 6.45) is 3.82. The zero-order valence-corrected chi connectivity index (χ0v) is 16.5. The molecule has 0 bridgehead atoms. The Bertz CT molecular complexity index is 923. The number of para-hydroxylation sites is 2. The van der Waals surface area contributed by atoms with Gasteiger partial charge < -0.3 is 14.4 Å². The van der Waals surface area contributed by atoms with E-state index >= 15 is 0 Å². The van der Waals surface area contributed by atoms with E-state index in [1.165, 1.54) is 11.1 Å². The van der Waals surface area contributed by atoms with Gasteiger partial charge >= 0.3 is 0 Å². The van der Waals surface area contributed by atoms with E-state index in [9.17, 15) is 0 Å². The first-order valence-electron chi connectivity index (χ1n) is 10.1. The van der Waals surface area contributed by atoms with Crippen LogP contribution in [0.1, 0.15) is 11.1 Å². The number of ether oxygens (including phenoxy) is 2. The third-order valence-corrected chi connectivity index (χ3v) is 4.94. The Balaban J connectivity index is 1.32. The Labute approximate surface area is 172 Å². The summed E-state index contributed by atoms with van der Waals surface area (Å²) >= 11 is 0. The number of hydrogen-bond acceptors (Lipinski definition) is 4. The Morgan fingerprint density at radius 1 is 0.759 bits per heavy atom. The number of nitrogens with zero attached hydrogens (tertiary/aromatic N) is 2. The third kappa shape index (κ3) is 5.61. The van der Waals surface area contributed by atoms with Gasteiger partial charge in [-0.1, -0.05) is 54.6 Å². The van der Waals surface area contributed by atoms with Crippen molar-refractivity contribution in [3.8, 4) is 17.2 Å². The third-order valence-electron chi connectivity index (χ3n) is 4.94. The first-order chi connectivity index (χ1) is 14.4. The first kappa shape index (κ1) is 19.1. The van der Waals surface area contributed by atoms with E-state index in [1.54, 1.807) is 0 Å². The number of aliphatic imine (C=N–C) groups is 1. The van der Waals surface area contributed by atoms with Crippen molar-refractivity contribution in [2.75, 3.05) is 26.2 Å². The van der Waals surface area contributed by atoms with E-state index in [1.807, 2.05) is 48.8 Å². The second kappa shape index (κ2) is 9.78. The van der Waals surface area contributed by atoms with E-state index < -0.39 is 0 Å². The molecular weight excluding hydrogens is 360 g/mol. The Morgan fingerprint density at radius 3 is 2.24 bits per heavy atom. The molecule has 0 unspecified atom stereocenters. The van der Waals surface area contributed by atoms with Crippen LogP contribution in [0.4, 0.5) is 0 Å². The van der Waals surface area contributed by atoms with Crippen molar-refractivity contribution in [2.45, 2.75) is 12.8 Å². The maximum atomic E-state index is 6.09. The highest BCUT2D eigenvalue weighted by molar-refractivity contribution is 5.57. The van der Waals surface area contributed by atoms with Crippen molar-refractivity contribution >= 4 is 6.34 Å². The largest absolute Gasteiger partial charge is 0.489 e. The Kier molecular flexibility index (Phi) is 6.43. The van der Waals surface area contributed by atoms with E-state index in [2.05, 4.69) is 46.3 Å². The number of benzene rings is 3. The molecule has 1 heterocycles. The van der Waals surface area contributed by atoms with Crippen LogP contribution in [0.5, 0.6) is 17.2 Å². The van der Waals surface area contributed by atoms with Crippen molar-refractivity contribution in [3.05, 3.63) is 90.0 Å². The van der Waals surface area contributed by atoms with Gasteiger partial charge in [0.25, 0.3) is 0 Å². The van der Waals surface area contributed by atoms with Crippen molar-refractivity contribution in [2.24, 2.45) is 4.99 Å². The lowest BCUT2D eigenvalue weighted by molar-refractivity contribution is 0.306. The average Bonchev–Trinajstić information content (AvgIpc) is 3.29. The molecule has 0 N–H and O–H groups in total. The molecule has 1 aliphatic heterocycles. The molecule has 29 heavy (non-hydrogen) atoms. The highest BCUT2D eigenvalue weighted by Gasteiger charge is 2.08. The van der Waals surface area contributed by atoms with Crippen molar-refractivity contribution in [1.29, 1.82) is 0 Å². The summed E-state index contributed by atoms with van der Waals surface area (Å²) < 4.78 is 12.1. The lowest BCUT2D eigenvalue weighted by atomic mass is 10.1. The number of rotatable bonds is 9. The summed E-state index contributed by atoms with van der Waals surface area (Å²) in [4.78, 5) is 6.51. The minimum Gasteiger partial charge on any atom is -0.489 e. The minimum absolute atomic E-state index is 0.614. The molecule has 0 saturated carbocycles. The predicted octanol–water partition coefficient (Wildman–Crippen LogP) is 4.99. The van der Waals surface area contributed by atoms with Gasteiger partial charge in [-0.05, 0) is 41.8 Å². The van der Waals surface area contributed by atoms with Crippen LogP contribution in [0.3, 0.4) is 0 Å². The monoisotopic (exact) mass is 386 g/mol. The van der Waals surface area contributed by atoms with Crippen molar-refractivity contribution < 1.29 is 9.47 Å². The second-order valence-electron chi connectivity index (χ2n) is 7.08. The molecule has 3 aromatic carbocycles. The summed E-state index contributed by atoms with van der Waals surface area (Å²) in [6.45, 7) is 3.56. The molecular formula is C25H26N2O2. The highest BCUT2D eigenvalue weighted by atomic mass is 16.5. The fourth-order valence-corrected chi connectivity index (χ4v) is 3.29. The molecule has 0 atom stereocenters. The molecule has 0 aliphatic carbocycles. The molecule has 1 aliphatic rings. The fraction of sp³-hybridized carbons (Fsp3) is 0.240. The van der Waals surface area contributed by atoms with Gasteiger partial charge in [-0.2, -0.15) is 0 Å². The first-order valence-corrected chi connectivity index (χ1v) is 10.1. The fourth-order valence-electron chi connectivity index (χ4n) is 3.29. The van der Waals surface area contributed by atoms with Crippen molar-refractivity contribution in [1.82, 2.24) is 4.90 Å². The summed E-state index contributed by atoms with van der Waals surface area (Å²) in [5, 5.41) is 0. The van der Waals surface area contributed by atoms with Crippen LogP contribution < -0.4 is 9.47 Å². The van der Waals surface area contributed by atoms with Gasteiger partial charge in [-0.3, -0.25) is 4.99 Å². The molecule has 0 fully saturated rings. The van der Waals surface area contributed by atoms with Gasteiger partial charge in [0.1, 0.15) is 5.75 Å². The summed E-state index contributed by atoms with van der Waals surface area (Å²) in [5.74, 6) is 2.32. The summed E-state index contributed by atoms with van der Waals surface area (Å²) in [7, 11) is 0. The topological polar surface area (TPSA) is 34.1 Å².